The number of sulfonamides is 1. The monoisotopic (exact) mass is 298 g/mol. The first-order chi connectivity index (χ1) is 9.33. The summed E-state index contributed by atoms with van der Waals surface area (Å²) in [5.41, 5.74) is 7.60. The van der Waals surface area contributed by atoms with Crippen LogP contribution in [0.25, 0.3) is 0 Å². The second-order valence-electron chi connectivity index (χ2n) is 5.39. The van der Waals surface area contributed by atoms with E-state index in [1.165, 1.54) is 0 Å². The van der Waals surface area contributed by atoms with Crippen LogP contribution in [0.15, 0.2) is 17.0 Å². The van der Waals surface area contributed by atoms with E-state index >= 15 is 0 Å². The first-order valence-corrected chi connectivity index (χ1v) is 8.31. The number of aryl methyl sites for hydroxylation is 1. The van der Waals surface area contributed by atoms with Gasteiger partial charge in [0.25, 0.3) is 0 Å². The average Bonchev–Trinajstić information content (AvgIpc) is 2.87. The van der Waals surface area contributed by atoms with Gasteiger partial charge in [0.15, 0.2) is 0 Å². The number of nitrogens with two attached hydrogens (primary N) is 1. The zero-order valence-corrected chi connectivity index (χ0v) is 13.0. The molecule has 1 aromatic carbocycles. The highest BCUT2D eigenvalue weighted by atomic mass is 32.2. The predicted molar refractivity (Wildman–Crippen MR) is 79.1 cm³/mol. The van der Waals surface area contributed by atoms with Gasteiger partial charge in [-0.25, -0.2) is 13.1 Å². The summed E-state index contributed by atoms with van der Waals surface area (Å²) in [4.78, 5) is 0.280. The molecule has 0 saturated carbocycles. The van der Waals surface area contributed by atoms with E-state index in [4.69, 9.17) is 10.5 Å². The lowest BCUT2D eigenvalue weighted by molar-refractivity contribution is 0.0902. The second-order valence-corrected chi connectivity index (χ2v) is 7.04. The molecule has 0 spiro atoms. The van der Waals surface area contributed by atoms with E-state index in [1.54, 1.807) is 26.0 Å². The van der Waals surface area contributed by atoms with Crippen LogP contribution in [0.4, 0.5) is 5.69 Å². The Labute approximate surface area is 120 Å². The number of hydrogen-bond acceptors (Lipinski definition) is 4. The standard InChI is InChI=1S/C14H22N2O3S/c1-9-6-7-12(15)10(2)14(9)20(17,18)16-11(3)13-5-4-8-19-13/h6-7,11,13,16H,4-5,8,15H2,1-3H3. The Morgan fingerprint density at radius 1 is 1.40 bits per heavy atom. The third-order valence-corrected chi connectivity index (χ3v) is 5.62. The highest BCUT2D eigenvalue weighted by molar-refractivity contribution is 7.89. The molecule has 0 aliphatic carbocycles. The van der Waals surface area contributed by atoms with Gasteiger partial charge in [0, 0.05) is 18.3 Å². The van der Waals surface area contributed by atoms with Crippen LogP contribution in [0.2, 0.25) is 0 Å². The molecule has 0 amide bonds. The quantitative estimate of drug-likeness (QED) is 0.830. The molecule has 3 N–H and O–H groups in total. The summed E-state index contributed by atoms with van der Waals surface area (Å²) in [5, 5.41) is 0. The third-order valence-electron chi connectivity index (χ3n) is 3.78. The summed E-state index contributed by atoms with van der Waals surface area (Å²) in [6.45, 7) is 6.04. The van der Waals surface area contributed by atoms with Gasteiger partial charge in [-0.1, -0.05) is 6.07 Å². The minimum absolute atomic E-state index is 0.0496. The molecule has 0 bridgehead atoms. The average molecular weight is 298 g/mol. The predicted octanol–water partition coefficient (Wildman–Crippen LogP) is 1.73. The van der Waals surface area contributed by atoms with Crippen LogP contribution in [-0.4, -0.2) is 27.2 Å². The summed E-state index contributed by atoms with van der Waals surface area (Å²) < 4.78 is 33.4. The van der Waals surface area contributed by atoms with Gasteiger partial charge in [0.2, 0.25) is 10.0 Å². The van der Waals surface area contributed by atoms with Gasteiger partial charge in [-0.2, -0.15) is 0 Å². The van der Waals surface area contributed by atoms with E-state index in [1.807, 2.05) is 6.92 Å². The normalized spacial score (nSPS) is 21.1. The van der Waals surface area contributed by atoms with Crippen molar-refractivity contribution in [3.8, 4) is 0 Å². The molecular weight excluding hydrogens is 276 g/mol. The van der Waals surface area contributed by atoms with Crippen molar-refractivity contribution in [2.75, 3.05) is 12.3 Å². The Hall–Kier alpha value is -1.11. The van der Waals surface area contributed by atoms with Crippen LogP contribution >= 0.6 is 0 Å². The van der Waals surface area contributed by atoms with Crippen molar-refractivity contribution in [1.29, 1.82) is 0 Å². The van der Waals surface area contributed by atoms with Crippen molar-refractivity contribution < 1.29 is 13.2 Å². The Bertz CT molecular complexity index is 593. The fraction of sp³-hybridized carbons (Fsp3) is 0.571. The molecule has 1 saturated heterocycles. The minimum Gasteiger partial charge on any atom is -0.398 e. The molecule has 0 radical (unpaired) electrons. The zero-order valence-electron chi connectivity index (χ0n) is 12.1. The Balaban J connectivity index is 2.29. The molecule has 2 atom stereocenters. The smallest absolute Gasteiger partial charge is 0.241 e. The molecule has 2 unspecified atom stereocenters. The van der Waals surface area contributed by atoms with Gasteiger partial charge < -0.3 is 10.5 Å². The molecule has 1 fully saturated rings. The Kier molecular flexibility index (Phi) is 4.36. The maximum Gasteiger partial charge on any atom is 0.241 e. The summed E-state index contributed by atoms with van der Waals surface area (Å²) in [5.74, 6) is 0. The lowest BCUT2D eigenvalue weighted by atomic mass is 10.1. The summed E-state index contributed by atoms with van der Waals surface area (Å²) in [6.07, 6.45) is 1.82. The van der Waals surface area contributed by atoms with Crippen LogP contribution in [-0.2, 0) is 14.8 Å². The van der Waals surface area contributed by atoms with E-state index in [9.17, 15) is 8.42 Å². The Morgan fingerprint density at radius 2 is 2.10 bits per heavy atom. The van der Waals surface area contributed by atoms with Gasteiger partial charge >= 0.3 is 0 Å². The van der Waals surface area contributed by atoms with Gasteiger partial charge in [0.1, 0.15) is 0 Å². The summed E-state index contributed by atoms with van der Waals surface area (Å²) in [7, 11) is -3.59. The second kappa shape index (κ2) is 5.71. The van der Waals surface area contributed by atoms with E-state index in [-0.39, 0.29) is 17.0 Å². The highest BCUT2D eigenvalue weighted by Crippen LogP contribution is 2.25. The van der Waals surface area contributed by atoms with Crippen LogP contribution in [0.3, 0.4) is 0 Å². The molecule has 1 aliphatic heterocycles. The fourth-order valence-electron chi connectivity index (χ4n) is 2.63. The lowest BCUT2D eigenvalue weighted by Crippen LogP contribution is -2.41. The van der Waals surface area contributed by atoms with Gasteiger partial charge in [0.05, 0.1) is 11.0 Å². The number of nitrogen functional groups attached to an aromatic ring is 1. The number of rotatable bonds is 4. The molecule has 6 heteroatoms. The van der Waals surface area contributed by atoms with Gasteiger partial charge in [-0.15, -0.1) is 0 Å². The molecule has 1 aromatic rings. The van der Waals surface area contributed by atoms with E-state index in [0.717, 1.165) is 12.8 Å². The SMILES string of the molecule is Cc1ccc(N)c(C)c1S(=O)(=O)NC(C)C1CCCO1. The molecule has 1 heterocycles. The van der Waals surface area contributed by atoms with Gasteiger partial charge in [-0.3, -0.25) is 0 Å². The molecule has 20 heavy (non-hydrogen) atoms. The fourth-order valence-corrected chi connectivity index (χ4v) is 4.40. The number of hydrogen-bond donors (Lipinski definition) is 2. The van der Waals surface area contributed by atoms with Crippen molar-refractivity contribution in [3.63, 3.8) is 0 Å². The van der Waals surface area contributed by atoms with E-state index < -0.39 is 10.0 Å². The van der Waals surface area contributed by atoms with E-state index in [0.29, 0.717) is 23.4 Å². The maximum atomic E-state index is 12.6. The molecule has 1 aliphatic rings. The van der Waals surface area contributed by atoms with Crippen molar-refractivity contribution >= 4 is 15.7 Å². The zero-order chi connectivity index (χ0) is 14.9. The highest BCUT2D eigenvalue weighted by Gasteiger charge is 2.28. The molecule has 5 nitrogen and oxygen atoms in total. The van der Waals surface area contributed by atoms with Crippen molar-refractivity contribution in [1.82, 2.24) is 4.72 Å². The van der Waals surface area contributed by atoms with Crippen LogP contribution in [0, 0.1) is 13.8 Å². The van der Waals surface area contributed by atoms with Crippen LogP contribution in [0.1, 0.15) is 30.9 Å². The number of anilines is 1. The first kappa shape index (κ1) is 15.3. The Morgan fingerprint density at radius 3 is 2.70 bits per heavy atom. The van der Waals surface area contributed by atoms with Gasteiger partial charge in [-0.05, 0) is 50.8 Å². The topological polar surface area (TPSA) is 81.4 Å². The largest absolute Gasteiger partial charge is 0.398 e. The number of ether oxygens (including phenoxy) is 1. The molecular formula is C14H22N2O3S. The molecule has 0 aromatic heterocycles. The van der Waals surface area contributed by atoms with Crippen LogP contribution in [0.5, 0.6) is 0 Å². The summed E-state index contributed by atoms with van der Waals surface area (Å²) in [6, 6.07) is 3.21. The number of benzene rings is 1. The van der Waals surface area contributed by atoms with Crippen molar-refractivity contribution in [2.24, 2.45) is 0 Å². The first-order valence-electron chi connectivity index (χ1n) is 6.82. The minimum atomic E-state index is -3.59. The lowest BCUT2D eigenvalue weighted by Gasteiger charge is -2.21. The summed E-state index contributed by atoms with van der Waals surface area (Å²) >= 11 is 0. The van der Waals surface area contributed by atoms with E-state index in [2.05, 4.69) is 4.72 Å². The molecule has 112 valence electrons. The van der Waals surface area contributed by atoms with Crippen LogP contribution < -0.4 is 10.5 Å². The van der Waals surface area contributed by atoms with Crippen molar-refractivity contribution in [2.45, 2.75) is 50.7 Å². The molecule has 2 rings (SSSR count). The van der Waals surface area contributed by atoms with Crippen molar-refractivity contribution in [3.05, 3.63) is 23.3 Å². The third kappa shape index (κ3) is 2.97. The number of nitrogens with one attached hydrogen (secondary N) is 1. The maximum absolute atomic E-state index is 12.6.